The maximum Gasteiger partial charge on any atom is 0.262 e. The lowest BCUT2D eigenvalue weighted by Crippen LogP contribution is -2.49. The molecule has 0 aromatic heterocycles. The van der Waals surface area contributed by atoms with Gasteiger partial charge in [-0.25, -0.2) is 0 Å². The molecule has 1 aliphatic heterocycles. The first-order valence-electron chi connectivity index (χ1n) is 7.81. The van der Waals surface area contributed by atoms with Crippen molar-refractivity contribution in [1.29, 1.82) is 0 Å². The summed E-state index contributed by atoms with van der Waals surface area (Å²) in [4.78, 5) is 26.2. The highest BCUT2D eigenvalue weighted by atomic mass is 35.5. The quantitative estimate of drug-likeness (QED) is 0.860. The highest BCUT2D eigenvalue weighted by Gasteiger charge is 2.32. The monoisotopic (exact) mass is 356 g/mol. The highest BCUT2D eigenvalue weighted by Crippen LogP contribution is 2.33. The zero-order valence-corrected chi connectivity index (χ0v) is 14.4. The summed E-state index contributed by atoms with van der Waals surface area (Å²) in [5, 5.41) is 3.16. The maximum atomic E-state index is 12.7. The molecular formula is C19H17ClN2O3. The van der Waals surface area contributed by atoms with E-state index in [9.17, 15) is 9.59 Å². The van der Waals surface area contributed by atoms with Crippen LogP contribution in [0.3, 0.4) is 0 Å². The maximum absolute atomic E-state index is 12.7. The number of para-hydroxylation sites is 2. The molecule has 1 atom stereocenters. The first kappa shape index (κ1) is 17.0. The zero-order chi connectivity index (χ0) is 17.8. The van der Waals surface area contributed by atoms with Crippen molar-refractivity contribution in [2.24, 2.45) is 0 Å². The molecule has 2 aromatic rings. The van der Waals surface area contributed by atoms with Crippen LogP contribution in [0.2, 0.25) is 5.02 Å². The molecule has 0 fully saturated rings. The first-order chi connectivity index (χ1) is 12.1. The third-order valence-electron chi connectivity index (χ3n) is 3.85. The molecule has 1 aliphatic rings. The van der Waals surface area contributed by atoms with Gasteiger partial charge in [-0.2, -0.15) is 0 Å². The number of carbonyl (C=O) groups excluding carboxylic acids is 2. The fourth-order valence-corrected chi connectivity index (χ4v) is 2.81. The summed E-state index contributed by atoms with van der Waals surface area (Å²) in [5.74, 6) is 0.00241. The van der Waals surface area contributed by atoms with Crippen molar-refractivity contribution in [3.8, 4) is 5.75 Å². The van der Waals surface area contributed by atoms with Crippen LogP contribution >= 0.6 is 11.6 Å². The van der Waals surface area contributed by atoms with Crippen LogP contribution in [0.4, 0.5) is 5.69 Å². The number of likely N-dealkylation sites (N-methyl/N-ethyl adjacent to an activating group) is 1. The number of hydrogen-bond donors (Lipinski definition) is 1. The average Bonchev–Trinajstić information content (AvgIpc) is 2.64. The molecule has 2 amide bonds. The molecule has 0 bridgehead atoms. The van der Waals surface area contributed by atoms with Crippen molar-refractivity contribution < 1.29 is 14.3 Å². The molecule has 0 spiro atoms. The number of nitrogens with zero attached hydrogens (tertiary/aromatic N) is 1. The summed E-state index contributed by atoms with van der Waals surface area (Å²) < 4.78 is 5.70. The van der Waals surface area contributed by atoms with Gasteiger partial charge < -0.3 is 15.0 Å². The van der Waals surface area contributed by atoms with E-state index in [0.717, 1.165) is 5.56 Å². The summed E-state index contributed by atoms with van der Waals surface area (Å²) in [7, 11) is 1.54. The Morgan fingerprint density at radius 3 is 2.80 bits per heavy atom. The molecule has 2 aromatic carbocycles. The Labute approximate surface area is 150 Å². The average molecular weight is 357 g/mol. The highest BCUT2D eigenvalue weighted by molar-refractivity contribution is 6.30. The Morgan fingerprint density at radius 2 is 2.04 bits per heavy atom. The fraction of sp³-hybridized carbons (Fsp3) is 0.158. The molecule has 0 unspecified atom stereocenters. The predicted octanol–water partition coefficient (Wildman–Crippen LogP) is 2.89. The van der Waals surface area contributed by atoms with E-state index < -0.39 is 6.10 Å². The Kier molecular flexibility index (Phi) is 5.05. The van der Waals surface area contributed by atoms with Gasteiger partial charge in [0.05, 0.1) is 12.2 Å². The molecule has 128 valence electrons. The van der Waals surface area contributed by atoms with Crippen LogP contribution in [-0.4, -0.2) is 31.5 Å². The summed E-state index contributed by atoms with van der Waals surface area (Å²) in [5.41, 5.74) is 1.47. The van der Waals surface area contributed by atoms with Gasteiger partial charge in [0.25, 0.3) is 11.8 Å². The summed E-state index contributed by atoms with van der Waals surface area (Å²) in [6.07, 6.45) is 2.42. The minimum atomic E-state index is -0.747. The molecule has 0 aliphatic carbocycles. The summed E-state index contributed by atoms with van der Waals surface area (Å²) >= 11 is 5.96. The fourth-order valence-electron chi connectivity index (χ4n) is 2.61. The molecule has 1 heterocycles. The van der Waals surface area contributed by atoms with Gasteiger partial charge in [-0.3, -0.25) is 9.59 Å². The standard InChI is InChI=1S/C19H17ClN2O3/c1-21-19(24)17-12-22(15-7-2-3-8-16(15)25-17)18(23)10-9-13-5-4-6-14(20)11-13/h2-11,17H,12H2,1H3,(H,21,24)/b10-9+/t17-/m1/s1. The van der Waals surface area contributed by atoms with Crippen molar-refractivity contribution in [3.05, 3.63) is 65.2 Å². The van der Waals surface area contributed by atoms with E-state index in [4.69, 9.17) is 16.3 Å². The largest absolute Gasteiger partial charge is 0.477 e. The topological polar surface area (TPSA) is 58.6 Å². The van der Waals surface area contributed by atoms with Gasteiger partial charge in [0.1, 0.15) is 5.75 Å². The second kappa shape index (κ2) is 7.40. The van der Waals surface area contributed by atoms with E-state index in [1.807, 2.05) is 18.2 Å². The van der Waals surface area contributed by atoms with Gasteiger partial charge in [-0.1, -0.05) is 35.9 Å². The van der Waals surface area contributed by atoms with Crippen molar-refractivity contribution in [2.45, 2.75) is 6.10 Å². The van der Waals surface area contributed by atoms with Crippen LogP contribution in [0.1, 0.15) is 5.56 Å². The number of carbonyl (C=O) groups is 2. The third-order valence-corrected chi connectivity index (χ3v) is 4.08. The molecule has 1 N–H and O–H groups in total. The Morgan fingerprint density at radius 1 is 1.24 bits per heavy atom. The smallest absolute Gasteiger partial charge is 0.262 e. The van der Waals surface area contributed by atoms with Gasteiger partial charge in [0, 0.05) is 18.1 Å². The zero-order valence-electron chi connectivity index (χ0n) is 13.6. The number of amides is 2. The van der Waals surface area contributed by atoms with Crippen LogP contribution in [0, 0.1) is 0 Å². The second-order valence-electron chi connectivity index (χ2n) is 5.53. The Bertz CT molecular complexity index is 835. The van der Waals surface area contributed by atoms with Crippen LogP contribution in [0.25, 0.3) is 6.08 Å². The first-order valence-corrected chi connectivity index (χ1v) is 8.18. The minimum Gasteiger partial charge on any atom is -0.477 e. The second-order valence-corrected chi connectivity index (χ2v) is 5.96. The molecule has 6 heteroatoms. The van der Waals surface area contributed by atoms with Crippen LogP contribution < -0.4 is 15.0 Å². The van der Waals surface area contributed by atoms with Gasteiger partial charge in [0.2, 0.25) is 0 Å². The normalized spacial score (nSPS) is 16.2. The number of ether oxygens (including phenoxy) is 1. The van der Waals surface area contributed by atoms with Gasteiger partial charge in [0.15, 0.2) is 6.10 Å². The third kappa shape index (κ3) is 3.83. The number of fused-ring (bicyclic) bond motifs is 1. The van der Waals surface area contributed by atoms with Crippen LogP contribution in [0.15, 0.2) is 54.6 Å². The molecule has 0 saturated carbocycles. The van der Waals surface area contributed by atoms with E-state index in [2.05, 4.69) is 5.32 Å². The van der Waals surface area contributed by atoms with E-state index >= 15 is 0 Å². The Hall–Kier alpha value is -2.79. The molecular weight excluding hydrogens is 340 g/mol. The predicted molar refractivity (Wildman–Crippen MR) is 97.8 cm³/mol. The lowest BCUT2D eigenvalue weighted by Gasteiger charge is -2.33. The van der Waals surface area contributed by atoms with E-state index in [-0.39, 0.29) is 18.4 Å². The Balaban J connectivity index is 1.86. The molecule has 3 rings (SSSR count). The SMILES string of the molecule is CNC(=O)[C@H]1CN(C(=O)/C=C/c2cccc(Cl)c2)c2ccccc2O1. The van der Waals surface area contributed by atoms with Gasteiger partial charge in [-0.05, 0) is 35.9 Å². The van der Waals surface area contributed by atoms with Crippen molar-refractivity contribution in [1.82, 2.24) is 5.32 Å². The number of nitrogens with one attached hydrogen (secondary N) is 1. The van der Waals surface area contributed by atoms with Crippen LogP contribution in [0.5, 0.6) is 5.75 Å². The number of halogens is 1. The van der Waals surface area contributed by atoms with E-state index in [1.54, 1.807) is 41.3 Å². The van der Waals surface area contributed by atoms with E-state index in [1.165, 1.54) is 13.1 Å². The van der Waals surface area contributed by atoms with Crippen molar-refractivity contribution in [3.63, 3.8) is 0 Å². The number of rotatable bonds is 3. The molecule has 0 saturated heterocycles. The van der Waals surface area contributed by atoms with Gasteiger partial charge >= 0.3 is 0 Å². The molecule has 25 heavy (non-hydrogen) atoms. The lowest BCUT2D eigenvalue weighted by molar-refractivity contribution is -0.127. The number of anilines is 1. The minimum absolute atomic E-state index is 0.148. The molecule has 5 nitrogen and oxygen atoms in total. The van der Waals surface area contributed by atoms with Crippen LogP contribution in [-0.2, 0) is 9.59 Å². The number of benzene rings is 2. The lowest BCUT2D eigenvalue weighted by atomic mass is 10.1. The van der Waals surface area contributed by atoms with E-state index in [0.29, 0.717) is 16.5 Å². The van der Waals surface area contributed by atoms with Crippen molar-refractivity contribution in [2.75, 3.05) is 18.5 Å². The number of hydrogen-bond acceptors (Lipinski definition) is 3. The summed E-state index contributed by atoms with van der Waals surface area (Å²) in [6, 6.07) is 14.4. The van der Waals surface area contributed by atoms with Gasteiger partial charge in [-0.15, -0.1) is 0 Å². The van der Waals surface area contributed by atoms with Crippen molar-refractivity contribution >= 4 is 35.2 Å². The molecule has 0 radical (unpaired) electrons. The summed E-state index contributed by atoms with van der Waals surface area (Å²) in [6.45, 7) is 0.148.